The lowest BCUT2D eigenvalue weighted by Crippen LogP contribution is -2.33. The number of carbonyl (C=O) groups excluding carboxylic acids is 1. The zero-order chi connectivity index (χ0) is 20.1. The van der Waals surface area contributed by atoms with E-state index in [1.807, 2.05) is 45.2 Å². The molecular weight excluding hydrogens is 429 g/mol. The first-order chi connectivity index (χ1) is 13.4. The molecule has 29 heavy (non-hydrogen) atoms. The van der Waals surface area contributed by atoms with Gasteiger partial charge in [0.25, 0.3) is 0 Å². The number of benzene rings is 2. The highest BCUT2D eigenvalue weighted by Gasteiger charge is 2.29. The van der Waals surface area contributed by atoms with Gasteiger partial charge in [0.1, 0.15) is 5.75 Å². The van der Waals surface area contributed by atoms with Crippen LogP contribution < -0.4 is 10.1 Å². The van der Waals surface area contributed by atoms with Crippen molar-refractivity contribution in [1.29, 1.82) is 0 Å². The highest BCUT2D eigenvalue weighted by Crippen LogP contribution is 2.29. The quantitative estimate of drug-likeness (QED) is 0.616. The highest BCUT2D eigenvalue weighted by atomic mass is 35.5. The first-order valence-corrected chi connectivity index (χ1v) is 10.5. The molecular formula is C21H25Cl2N3O2S. The van der Waals surface area contributed by atoms with E-state index in [1.54, 1.807) is 36.0 Å². The van der Waals surface area contributed by atoms with Crippen molar-refractivity contribution in [2.75, 3.05) is 18.1 Å². The summed E-state index contributed by atoms with van der Waals surface area (Å²) in [6.45, 7) is 4.00. The SMILES string of the molecule is CC(C)Oc1cccc(N=C2SCC(CC(=O)Nc3ccc(Cl)cc3)N2C)c1.Cl. The molecule has 156 valence electrons. The standard InChI is InChI=1S/C21H24ClN3O2S.ClH/c1-14(2)27-19-6-4-5-17(11-19)24-21-25(3)18(13-28-21)12-20(26)23-16-9-7-15(22)8-10-16;/h4-11,14,18H,12-13H2,1-3H3,(H,23,26);1H. The van der Waals surface area contributed by atoms with Gasteiger partial charge >= 0.3 is 0 Å². The van der Waals surface area contributed by atoms with Gasteiger partial charge in [-0.05, 0) is 50.2 Å². The molecule has 1 aliphatic rings. The molecule has 1 unspecified atom stereocenters. The van der Waals surface area contributed by atoms with Crippen molar-refractivity contribution in [2.45, 2.75) is 32.4 Å². The summed E-state index contributed by atoms with van der Waals surface area (Å²) in [4.78, 5) is 19.2. The summed E-state index contributed by atoms with van der Waals surface area (Å²) in [5.74, 6) is 1.61. The van der Waals surface area contributed by atoms with E-state index >= 15 is 0 Å². The Bertz CT molecular complexity index is 859. The van der Waals surface area contributed by atoms with Gasteiger partial charge in [-0.2, -0.15) is 0 Å². The van der Waals surface area contributed by atoms with Crippen molar-refractivity contribution >= 4 is 58.2 Å². The molecule has 1 fully saturated rings. The normalized spacial score (nSPS) is 17.3. The van der Waals surface area contributed by atoms with Gasteiger partial charge in [0.2, 0.25) is 5.91 Å². The minimum absolute atomic E-state index is 0. The highest BCUT2D eigenvalue weighted by molar-refractivity contribution is 8.14. The maximum absolute atomic E-state index is 12.4. The number of hydrogen-bond acceptors (Lipinski definition) is 4. The van der Waals surface area contributed by atoms with Crippen LogP contribution in [0.5, 0.6) is 5.75 Å². The van der Waals surface area contributed by atoms with Gasteiger partial charge in [-0.3, -0.25) is 4.79 Å². The average Bonchev–Trinajstić information content (AvgIpc) is 2.97. The number of nitrogens with zero attached hydrogens (tertiary/aromatic N) is 2. The maximum Gasteiger partial charge on any atom is 0.226 e. The van der Waals surface area contributed by atoms with E-state index in [1.165, 1.54) is 0 Å². The fraction of sp³-hybridized carbons (Fsp3) is 0.333. The number of amidine groups is 1. The molecule has 2 aromatic rings. The van der Waals surface area contributed by atoms with Gasteiger partial charge in [-0.1, -0.05) is 29.4 Å². The number of ether oxygens (including phenoxy) is 1. The van der Waals surface area contributed by atoms with E-state index in [4.69, 9.17) is 21.3 Å². The van der Waals surface area contributed by atoms with Gasteiger partial charge in [0.05, 0.1) is 11.8 Å². The number of nitrogens with one attached hydrogen (secondary N) is 1. The van der Waals surface area contributed by atoms with Gasteiger partial charge in [0, 0.05) is 42.0 Å². The smallest absolute Gasteiger partial charge is 0.226 e. The van der Waals surface area contributed by atoms with E-state index in [-0.39, 0.29) is 30.5 Å². The molecule has 8 heteroatoms. The van der Waals surface area contributed by atoms with Crippen LogP contribution >= 0.6 is 35.8 Å². The lowest BCUT2D eigenvalue weighted by Gasteiger charge is -2.20. The first-order valence-electron chi connectivity index (χ1n) is 9.17. The van der Waals surface area contributed by atoms with Gasteiger partial charge < -0.3 is 15.0 Å². The van der Waals surface area contributed by atoms with Crippen LogP contribution in [0.1, 0.15) is 20.3 Å². The molecule has 1 N–H and O–H groups in total. The molecule has 1 saturated heterocycles. The predicted molar refractivity (Wildman–Crippen MR) is 125 cm³/mol. The van der Waals surface area contributed by atoms with Crippen LogP contribution in [-0.4, -0.2) is 40.9 Å². The Morgan fingerprint density at radius 1 is 1.31 bits per heavy atom. The molecule has 3 rings (SSSR count). The molecule has 1 atom stereocenters. The summed E-state index contributed by atoms with van der Waals surface area (Å²) in [6, 6.07) is 15.0. The second-order valence-corrected chi connectivity index (χ2v) is 8.32. The molecule has 0 saturated carbocycles. The van der Waals surface area contributed by atoms with Crippen LogP contribution in [0.15, 0.2) is 53.5 Å². The third-order valence-corrected chi connectivity index (χ3v) is 5.66. The van der Waals surface area contributed by atoms with E-state index in [0.29, 0.717) is 11.4 Å². The summed E-state index contributed by atoms with van der Waals surface area (Å²) in [6.07, 6.45) is 0.525. The zero-order valence-corrected chi connectivity index (χ0v) is 19.0. The van der Waals surface area contributed by atoms with Crippen molar-refractivity contribution < 1.29 is 9.53 Å². The topological polar surface area (TPSA) is 53.9 Å². The number of anilines is 1. The maximum atomic E-state index is 12.4. The van der Waals surface area contributed by atoms with Crippen molar-refractivity contribution in [1.82, 2.24) is 4.90 Å². The number of amides is 1. The Labute approximate surface area is 187 Å². The molecule has 1 heterocycles. The van der Waals surface area contributed by atoms with E-state index in [2.05, 4.69) is 10.2 Å². The molecule has 5 nitrogen and oxygen atoms in total. The molecule has 0 radical (unpaired) electrons. The first kappa shape index (κ1) is 23.4. The minimum Gasteiger partial charge on any atom is -0.491 e. The summed E-state index contributed by atoms with van der Waals surface area (Å²) < 4.78 is 5.73. The number of carbonyl (C=O) groups is 1. The average molecular weight is 454 g/mol. The van der Waals surface area contributed by atoms with Crippen LogP contribution in [0.4, 0.5) is 11.4 Å². The lowest BCUT2D eigenvalue weighted by molar-refractivity contribution is -0.116. The van der Waals surface area contributed by atoms with Crippen molar-refractivity contribution in [3.63, 3.8) is 0 Å². The van der Waals surface area contributed by atoms with E-state index < -0.39 is 0 Å². The number of rotatable bonds is 6. The van der Waals surface area contributed by atoms with E-state index in [0.717, 1.165) is 28.0 Å². The van der Waals surface area contributed by atoms with Crippen LogP contribution in [0.25, 0.3) is 0 Å². The monoisotopic (exact) mass is 453 g/mol. The van der Waals surface area contributed by atoms with Crippen LogP contribution in [-0.2, 0) is 4.79 Å². The molecule has 1 aliphatic heterocycles. The van der Waals surface area contributed by atoms with Crippen LogP contribution in [0, 0.1) is 0 Å². The third-order valence-electron chi connectivity index (χ3n) is 4.22. The second kappa shape index (κ2) is 10.8. The Kier molecular flexibility index (Phi) is 8.68. The number of hydrogen-bond donors (Lipinski definition) is 1. The predicted octanol–water partition coefficient (Wildman–Crippen LogP) is 5.61. The van der Waals surface area contributed by atoms with E-state index in [9.17, 15) is 4.79 Å². The van der Waals surface area contributed by atoms with Crippen molar-refractivity contribution in [3.05, 3.63) is 53.6 Å². The Hall–Kier alpha value is -1.89. The fourth-order valence-electron chi connectivity index (χ4n) is 2.82. The largest absolute Gasteiger partial charge is 0.491 e. The van der Waals surface area contributed by atoms with Crippen molar-refractivity contribution in [2.24, 2.45) is 4.99 Å². The number of thioether (sulfide) groups is 1. The lowest BCUT2D eigenvalue weighted by atomic mass is 10.2. The molecule has 0 spiro atoms. The van der Waals surface area contributed by atoms with Crippen LogP contribution in [0.2, 0.25) is 5.02 Å². The minimum atomic E-state index is -0.0200. The van der Waals surface area contributed by atoms with Gasteiger partial charge in [0.15, 0.2) is 5.17 Å². The Morgan fingerprint density at radius 3 is 2.72 bits per heavy atom. The van der Waals surface area contributed by atoms with Crippen LogP contribution in [0.3, 0.4) is 0 Å². The fourth-order valence-corrected chi connectivity index (χ4v) is 4.15. The summed E-state index contributed by atoms with van der Waals surface area (Å²) in [7, 11) is 1.98. The second-order valence-electron chi connectivity index (χ2n) is 6.89. The molecule has 0 aromatic heterocycles. The van der Waals surface area contributed by atoms with Gasteiger partial charge in [-0.25, -0.2) is 4.99 Å². The molecule has 2 aromatic carbocycles. The Balaban J connectivity index is 0.00000300. The van der Waals surface area contributed by atoms with Crippen molar-refractivity contribution in [3.8, 4) is 5.75 Å². The number of halogens is 2. The van der Waals surface area contributed by atoms with Gasteiger partial charge in [-0.15, -0.1) is 12.4 Å². The number of aliphatic imine (C=N–C) groups is 1. The molecule has 1 amide bonds. The molecule has 0 aliphatic carbocycles. The summed E-state index contributed by atoms with van der Waals surface area (Å²) >= 11 is 7.54. The summed E-state index contributed by atoms with van der Waals surface area (Å²) in [5.41, 5.74) is 1.59. The third kappa shape index (κ3) is 6.84. The summed E-state index contributed by atoms with van der Waals surface area (Å²) in [5, 5.41) is 4.47. The zero-order valence-electron chi connectivity index (χ0n) is 16.6. The Morgan fingerprint density at radius 2 is 2.03 bits per heavy atom. The molecule has 0 bridgehead atoms.